The number of benzene rings is 2. The molecule has 2 rings (SSSR count). The lowest BCUT2D eigenvalue weighted by atomic mass is 10.1. The van der Waals surface area contributed by atoms with Crippen molar-refractivity contribution in [3.63, 3.8) is 0 Å². The third kappa shape index (κ3) is 8.11. The van der Waals surface area contributed by atoms with Gasteiger partial charge in [-0.05, 0) is 48.3 Å². The van der Waals surface area contributed by atoms with Crippen LogP contribution in [0, 0.1) is 0 Å². The highest BCUT2D eigenvalue weighted by Gasteiger charge is 2.02. The SMILES string of the molecule is SC(SCCCc1ccccc1)=C(S)SCCCc1ccccc1. The van der Waals surface area contributed by atoms with Gasteiger partial charge in [-0.25, -0.2) is 0 Å². The highest BCUT2D eigenvalue weighted by atomic mass is 32.2. The van der Waals surface area contributed by atoms with E-state index in [0.29, 0.717) is 0 Å². The van der Waals surface area contributed by atoms with E-state index in [1.165, 1.54) is 24.0 Å². The van der Waals surface area contributed by atoms with Crippen LogP contribution in [-0.2, 0) is 12.8 Å². The van der Waals surface area contributed by atoms with Gasteiger partial charge in [0, 0.05) is 0 Å². The molecule has 0 atom stereocenters. The van der Waals surface area contributed by atoms with Gasteiger partial charge in [-0.2, -0.15) is 0 Å². The van der Waals surface area contributed by atoms with Gasteiger partial charge in [-0.15, -0.1) is 48.8 Å². The molecule has 128 valence electrons. The van der Waals surface area contributed by atoms with E-state index in [-0.39, 0.29) is 0 Å². The Morgan fingerprint density at radius 3 is 1.38 bits per heavy atom. The number of thioether (sulfide) groups is 2. The van der Waals surface area contributed by atoms with Gasteiger partial charge in [0.2, 0.25) is 0 Å². The van der Waals surface area contributed by atoms with Gasteiger partial charge in [-0.1, -0.05) is 60.7 Å². The Hall–Kier alpha value is -0.420. The summed E-state index contributed by atoms with van der Waals surface area (Å²) in [6.45, 7) is 0. The quantitative estimate of drug-likeness (QED) is 0.341. The molecule has 0 amide bonds. The third-order valence-corrected chi connectivity index (χ3v) is 7.34. The second-order valence-electron chi connectivity index (χ2n) is 5.49. The molecule has 0 heterocycles. The molecule has 0 unspecified atom stereocenters. The minimum Gasteiger partial charge on any atom is -0.135 e. The van der Waals surface area contributed by atoms with Crippen molar-refractivity contribution in [2.75, 3.05) is 11.5 Å². The number of aryl methyl sites for hydroxylation is 2. The number of rotatable bonds is 10. The zero-order valence-electron chi connectivity index (χ0n) is 13.7. The fraction of sp³-hybridized carbons (Fsp3) is 0.300. The Bertz CT molecular complexity index is 553. The largest absolute Gasteiger partial charge is 0.135 e. The molecule has 0 aliphatic rings. The monoisotopic (exact) mass is 392 g/mol. The van der Waals surface area contributed by atoms with Gasteiger partial charge in [-0.3, -0.25) is 0 Å². The predicted octanol–water partition coefficient (Wildman–Crippen LogP) is 6.70. The van der Waals surface area contributed by atoms with Crippen molar-refractivity contribution >= 4 is 48.8 Å². The van der Waals surface area contributed by atoms with E-state index in [1.807, 2.05) is 0 Å². The maximum absolute atomic E-state index is 4.60. The summed E-state index contributed by atoms with van der Waals surface area (Å²) in [5.74, 6) is 2.17. The molecule has 2 aromatic carbocycles. The summed E-state index contributed by atoms with van der Waals surface area (Å²) in [6.07, 6.45) is 4.58. The Labute approximate surface area is 165 Å². The summed E-state index contributed by atoms with van der Waals surface area (Å²) < 4.78 is 2.10. The molecule has 0 spiro atoms. The first-order valence-electron chi connectivity index (χ1n) is 8.21. The van der Waals surface area contributed by atoms with Gasteiger partial charge in [0.1, 0.15) is 0 Å². The number of hydrogen-bond donors (Lipinski definition) is 2. The van der Waals surface area contributed by atoms with Crippen LogP contribution in [0.2, 0.25) is 0 Å². The molecule has 0 aliphatic heterocycles. The highest BCUT2D eigenvalue weighted by molar-refractivity contribution is 8.21. The number of thiol groups is 2. The van der Waals surface area contributed by atoms with Gasteiger partial charge >= 0.3 is 0 Å². The van der Waals surface area contributed by atoms with Crippen LogP contribution in [0.4, 0.5) is 0 Å². The van der Waals surface area contributed by atoms with Crippen molar-refractivity contribution in [1.29, 1.82) is 0 Å². The smallest absolute Gasteiger partial charge is 0.0569 e. The zero-order chi connectivity index (χ0) is 17.0. The predicted molar refractivity (Wildman–Crippen MR) is 119 cm³/mol. The summed E-state index contributed by atoms with van der Waals surface area (Å²) in [5.41, 5.74) is 2.81. The van der Waals surface area contributed by atoms with E-state index in [4.69, 9.17) is 0 Å². The van der Waals surface area contributed by atoms with Crippen molar-refractivity contribution in [1.82, 2.24) is 0 Å². The van der Waals surface area contributed by atoms with Crippen LogP contribution < -0.4 is 0 Å². The van der Waals surface area contributed by atoms with Gasteiger partial charge < -0.3 is 0 Å². The van der Waals surface area contributed by atoms with E-state index in [1.54, 1.807) is 23.5 Å². The van der Waals surface area contributed by atoms with E-state index in [0.717, 1.165) is 32.8 Å². The summed E-state index contributed by atoms with van der Waals surface area (Å²) in [5, 5.41) is 0. The molecule has 0 bridgehead atoms. The fourth-order valence-electron chi connectivity index (χ4n) is 2.30. The van der Waals surface area contributed by atoms with E-state index < -0.39 is 0 Å². The highest BCUT2D eigenvalue weighted by Crippen LogP contribution is 2.33. The minimum atomic E-state index is 1.05. The molecule has 2 aromatic rings. The van der Waals surface area contributed by atoms with Crippen LogP contribution in [0.15, 0.2) is 69.1 Å². The minimum absolute atomic E-state index is 1.05. The van der Waals surface area contributed by atoms with Gasteiger partial charge in [0.25, 0.3) is 0 Å². The molecule has 0 saturated carbocycles. The molecule has 24 heavy (non-hydrogen) atoms. The maximum Gasteiger partial charge on any atom is 0.0569 e. The summed E-state index contributed by atoms with van der Waals surface area (Å²) in [7, 11) is 0. The molecular formula is C20H24S4. The second-order valence-corrected chi connectivity index (χ2v) is 9.20. The average molecular weight is 393 g/mol. The second kappa shape index (κ2) is 12.0. The first-order chi connectivity index (χ1) is 11.8. The van der Waals surface area contributed by atoms with Gasteiger partial charge in [0.15, 0.2) is 0 Å². The molecule has 0 nitrogen and oxygen atoms in total. The lowest BCUT2D eigenvalue weighted by Crippen LogP contribution is -1.88. The Morgan fingerprint density at radius 2 is 1.00 bits per heavy atom. The molecule has 0 fully saturated rings. The van der Waals surface area contributed by atoms with Crippen LogP contribution in [0.3, 0.4) is 0 Å². The fourth-order valence-corrected chi connectivity index (χ4v) is 4.80. The standard InChI is InChI=1S/C20H24S4/c21-19(23-15-7-13-17-9-3-1-4-10-17)20(22)24-16-8-14-18-11-5-2-6-12-18/h1-6,9-12,21-22H,7-8,13-16H2. The van der Waals surface area contributed by atoms with Crippen LogP contribution in [0.5, 0.6) is 0 Å². The van der Waals surface area contributed by atoms with E-state index >= 15 is 0 Å². The summed E-state index contributed by atoms with van der Waals surface area (Å²) in [6, 6.07) is 21.3. The Morgan fingerprint density at radius 1 is 0.625 bits per heavy atom. The Kier molecular flexibility index (Phi) is 9.96. The average Bonchev–Trinajstić information content (AvgIpc) is 2.63. The van der Waals surface area contributed by atoms with Crippen LogP contribution in [0.1, 0.15) is 24.0 Å². The number of hydrogen-bond acceptors (Lipinski definition) is 4. The van der Waals surface area contributed by atoms with Crippen molar-refractivity contribution in [2.45, 2.75) is 25.7 Å². The van der Waals surface area contributed by atoms with E-state index in [2.05, 4.69) is 85.9 Å². The topological polar surface area (TPSA) is 0 Å². The van der Waals surface area contributed by atoms with Crippen molar-refractivity contribution in [3.05, 3.63) is 80.3 Å². The molecule has 0 saturated heterocycles. The molecule has 0 aliphatic carbocycles. The first kappa shape index (κ1) is 19.9. The van der Waals surface area contributed by atoms with Gasteiger partial charge in [0.05, 0.1) is 8.47 Å². The lowest BCUT2D eigenvalue weighted by Gasteiger charge is -2.06. The third-order valence-electron chi connectivity index (χ3n) is 3.57. The van der Waals surface area contributed by atoms with Crippen LogP contribution in [0.25, 0.3) is 0 Å². The Balaban J connectivity index is 1.60. The lowest BCUT2D eigenvalue weighted by molar-refractivity contribution is 0.934. The maximum atomic E-state index is 4.60. The molecular weight excluding hydrogens is 368 g/mol. The van der Waals surface area contributed by atoms with E-state index in [9.17, 15) is 0 Å². The summed E-state index contributed by atoms with van der Waals surface area (Å²) in [4.78, 5) is 0. The van der Waals surface area contributed by atoms with Crippen LogP contribution in [-0.4, -0.2) is 11.5 Å². The van der Waals surface area contributed by atoms with Crippen LogP contribution >= 0.6 is 48.8 Å². The van der Waals surface area contributed by atoms with Crippen molar-refractivity contribution in [2.24, 2.45) is 0 Å². The molecule has 0 N–H and O–H groups in total. The summed E-state index contributed by atoms with van der Waals surface area (Å²) >= 11 is 12.8. The molecule has 0 radical (unpaired) electrons. The first-order valence-corrected chi connectivity index (χ1v) is 11.1. The van der Waals surface area contributed by atoms with Crippen molar-refractivity contribution in [3.8, 4) is 0 Å². The van der Waals surface area contributed by atoms with Crippen molar-refractivity contribution < 1.29 is 0 Å². The molecule has 4 heteroatoms. The zero-order valence-corrected chi connectivity index (χ0v) is 17.1. The molecule has 0 aromatic heterocycles. The normalized spacial score (nSPS) is 12.1.